The number of carbonyl (C=O) groups excluding carboxylic acids is 1. The third-order valence-corrected chi connectivity index (χ3v) is 3.57. The molecule has 4 nitrogen and oxygen atoms in total. The number of aromatic nitrogens is 1. The molecular formula is C16H19ClN2O2. The minimum absolute atomic E-state index is 0.0817. The molecule has 0 spiro atoms. The van der Waals surface area contributed by atoms with Crippen molar-refractivity contribution in [2.45, 2.75) is 33.2 Å². The molecule has 0 aliphatic heterocycles. The number of amides is 1. The van der Waals surface area contributed by atoms with Crippen molar-refractivity contribution < 1.29 is 9.21 Å². The van der Waals surface area contributed by atoms with Gasteiger partial charge in [-0.15, -0.1) is 0 Å². The second-order valence-electron chi connectivity index (χ2n) is 5.42. The Morgan fingerprint density at radius 3 is 2.71 bits per heavy atom. The van der Waals surface area contributed by atoms with Crippen LogP contribution in [0.4, 0.5) is 0 Å². The number of halogens is 1. The molecule has 0 aliphatic carbocycles. The largest absolute Gasteiger partial charge is 0.469 e. The molecule has 0 fully saturated rings. The van der Waals surface area contributed by atoms with Crippen molar-refractivity contribution in [1.82, 2.24) is 9.88 Å². The van der Waals surface area contributed by atoms with E-state index in [1.807, 2.05) is 26.8 Å². The summed E-state index contributed by atoms with van der Waals surface area (Å²) in [4.78, 5) is 18.4. The quantitative estimate of drug-likeness (QED) is 0.801. The van der Waals surface area contributed by atoms with Gasteiger partial charge in [0.15, 0.2) is 0 Å². The Labute approximate surface area is 129 Å². The Hall–Kier alpha value is -1.81. The van der Waals surface area contributed by atoms with Crippen LogP contribution in [-0.4, -0.2) is 22.8 Å². The summed E-state index contributed by atoms with van der Waals surface area (Å²) in [6, 6.07) is 5.28. The summed E-state index contributed by atoms with van der Waals surface area (Å²) in [6.07, 6.45) is 1.63. The molecule has 112 valence electrons. The van der Waals surface area contributed by atoms with Crippen molar-refractivity contribution >= 4 is 17.5 Å². The topological polar surface area (TPSA) is 46.3 Å². The second-order valence-corrected chi connectivity index (χ2v) is 5.81. The van der Waals surface area contributed by atoms with Crippen molar-refractivity contribution in [3.63, 3.8) is 0 Å². The van der Waals surface area contributed by atoms with E-state index in [1.54, 1.807) is 30.3 Å². The molecule has 0 aliphatic rings. The van der Waals surface area contributed by atoms with E-state index in [1.165, 1.54) is 0 Å². The Balaban J connectivity index is 2.21. The average molecular weight is 307 g/mol. The highest BCUT2D eigenvalue weighted by Crippen LogP contribution is 2.19. The zero-order valence-corrected chi connectivity index (χ0v) is 13.4. The van der Waals surface area contributed by atoms with Crippen LogP contribution in [0.3, 0.4) is 0 Å². The highest BCUT2D eigenvalue weighted by Gasteiger charge is 2.16. The predicted molar refractivity (Wildman–Crippen MR) is 82.6 cm³/mol. The molecule has 0 radical (unpaired) electrons. The molecule has 0 saturated carbocycles. The first kappa shape index (κ1) is 15.6. The van der Waals surface area contributed by atoms with Gasteiger partial charge in [0, 0.05) is 30.4 Å². The molecule has 0 saturated heterocycles. The number of carbonyl (C=O) groups is 1. The van der Waals surface area contributed by atoms with Gasteiger partial charge in [0.1, 0.15) is 10.9 Å². The fourth-order valence-corrected chi connectivity index (χ4v) is 2.27. The number of aryl methyl sites for hydroxylation is 1. The lowest BCUT2D eigenvalue weighted by Crippen LogP contribution is -2.26. The molecule has 2 aromatic heterocycles. The summed E-state index contributed by atoms with van der Waals surface area (Å²) in [7, 11) is 1.76. The van der Waals surface area contributed by atoms with Gasteiger partial charge in [-0.2, -0.15) is 0 Å². The van der Waals surface area contributed by atoms with Crippen molar-refractivity contribution in [2.75, 3.05) is 7.05 Å². The molecule has 2 rings (SSSR count). The van der Waals surface area contributed by atoms with E-state index in [2.05, 4.69) is 4.98 Å². The lowest BCUT2D eigenvalue weighted by atomic mass is 10.1. The van der Waals surface area contributed by atoms with Gasteiger partial charge in [-0.25, -0.2) is 4.98 Å². The van der Waals surface area contributed by atoms with E-state index in [0.717, 1.165) is 17.0 Å². The first-order valence-corrected chi connectivity index (χ1v) is 7.22. The minimum Gasteiger partial charge on any atom is -0.469 e. The van der Waals surface area contributed by atoms with Crippen LogP contribution in [0.25, 0.3) is 0 Å². The van der Waals surface area contributed by atoms with Gasteiger partial charge in [0.25, 0.3) is 5.91 Å². The maximum atomic E-state index is 12.5. The number of pyridine rings is 1. The van der Waals surface area contributed by atoms with Gasteiger partial charge >= 0.3 is 0 Å². The normalized spacial score (nSPS) is 11.0. The summed E-state index contributed by atoms with van der Waals surface area (Å²) in [6.45, 7) is 6.42. The van der Waals surface area contributed by atoms with Crippen LogP contribution in [0.5, 0.6) is 0 Å². The highest BCUT2D eigenvalue weighted by atomic mass is 35.5. The van der Waals surface area contributed by atoms with Crippen LogP contribution < -0.4 is 0 Å². The summed E-state index contributed by atoms with van der Waals surface area (Å²) in [5.41, 5.74) is 2.37. The molecule has 21 heavy (non-hydrogen) atoms. The van der Waals surface area contributed by atoms with E-state index in [0.29, 0.717) is 17.3 Å². The van der Waals surface area contributed by atoms with E-state index in [4.69, 9.17) is 16.0 Å². The first-order valence-electron chi connectivity index (χ1n) is 6.84. The molecule has 5 heteroatoms. The molecule has 2 aromatic rings. The molecular weight excluding hydrogens is 288 g/mol. The lowest BCUT2D eigenvalue weighted by Gasteiger charge is -2.18. The van der Waals surface area contributed by atoms with Gasteiger partial charge in [-0.1, -0.05) is 25.4 Å². The summed E-state index contributed by atoms with van der Waals surface area (Å²) >= 11 is 6.01. The zero-order chi connectivity index (χ0) is 15.6. The first-order chi connectivity index (χ1) is 9.88. The predicted octanol–water partition coefficient (Wildman–Crippen LogP) is 4.03. The smallest absolute Gasteiger partial charge is 0.254 e. The summed E-state index contributed by atoms with van der Waals surface area (Å²) in [5, 5.41) is 0.345. The molecule has 0 unspecified atom stereocenters. The third kappa shape index (κ3) is 3.64. The van der Waals surface area contributed by atoms with Gasteiger partial charge in [0.05, 0.1) is 6.26 Å². The van der Waals surface area contributed by atoms with Gasteiger partial charge in [-0.3, -0.25) is 4.79 Å². The van der Waals surface area contributed by atoms with Crippen LogP contribution in [0.2, 0.25) is 5.15 Å². The standard InChI is InChI=1S/C16H19ClN2O2/c1-10(2)14-7-13(8-15(17)18-14)16(20)19(4)9-12-5-6-21-11(12)3/h5-8,10H,9H2,1-4H3. The average Bonchev–Trinajstić information content (AvgIpc) is 2.82. The zero-order valence-electron chi connectivity index (χ0n) is 12.7. The highest BCUT2D eigenvalue weighted by molar-refractivity contribution is 6.29. The number of hydrogen-bond donors (Lipinski definition) is 0. The molecule has 0 atom stereocenters. The summed E-state index contributed by atoms with van der Waals surface area (Å²) in [5.74, 6) is 0.962. The van der Waals surface area contributed by atoms with Gasteiger partial charge in [0.2, 0.25) is 0 Å². The van der Waals surface area contributed by atoms with E-state index in [-0.39, 0.29) is 11.8 Å². The minimum atomic E-state index is -0.0817. The Morgan fingerprint density at radius 1 is 1.43 bits per heavy atom. The fourth-order valence-electron chi connectivity index (χ4n) is 2.06. The van der Waals surface area contributed by atoms with Gasteiger partial charge < -0.3 is 9.32 Å². The van der Waals surface area contributed by atoms with Crippen LogP contribution >= 0.6 is 11.6 Å². The Morgan fingerprint density at radius 2 is 2.14 bits per heavy atom. The van der Waals surface area contributed by atoms with Crippen molar-refractivity contribution in [3.8, 4) is 0 Å². The molecule has 0 aromatic carbocycles. The summed E-state index contributed by atoms with van der Waals surface area (Å²) < 4.78 is 5.25. The van der Waals surface area contributed by atoms with Crippen LogP contribution in [0, 0.1) is 6.92 Å². The number of hydrogen-bond acceptors (Lipinski definition) is 3. The fraction of sp³-hybridized carbons (Fsp3) is 0.375. The Kier molecular flexibility index (Phi) is 4.68. The number of nitrogens with zero attached hydrogens (tertiary/aromatic N) is 2. The van der Waals surface area contributed by atoms with Crippen molar-refractivity contribution in [3.05, 3.63) is 52.2 Å². The number of furan rings is 1. The van der Waals surface area contributed by atoms with E-state index < -0.39 is 0 Å². The third-order valence-electron chi connectivity index (χ3n) is 3.37. The van der Waals surface area contributed by atoms with Crippen LogP contribution in [0.15, 0.2) is 28.9 Å². The Bertz CT molecular complexity index is 649. The maximum absolute atomic E-state index is 12.5. The maximum Gasteiger partial charge on any atom is 0.254 e. The van der Waals surface area contributed by atoms with Crippen LogP contribution in [-0.2, 0) is 6.54 Å². The van der Waals surface area contributed by atoms with Crippen LogP contribution in [0.1, 0.15) is 47.1 Å². The second kappa shape index (κ2) is 6.31. The molecule has 2 heterocycles. The number of rotatable bonds is 4. The lowest BCUT2D eigenvalue weighted by molar-refractivity contribution is 0.0784. The van der Waals surface area contributed by atoms with Crippen molar-refractivity contribution in [2.24, 2.45) is 0 Å². The van der Waals surface area contributed by atoms with E-state index >= 15 is 0 Å². The monoisotopic (exact) mass is 306 g/mol. The van der Waals surface area contributed by atoms with E-state index in [9.17, 15) is 4.79 Å². The van der Waals surface area contributed by atoms with Gasteiger partial charge in [-0.05, 0) is 31.0 Å². The molecule has 1 amide bonds. The molecule has 0 bridgehead atoms. The van der Waals surface area contributed by atoms with Crippen molar-refractivity contribution in [1.29, 1.82) is 0 Å². The molecule has 0 N–H and O–H groups in total. The SMILES string of the molecule is Cc1occc1CN(C)C(=O)c1cc(Cl)nc(C(C)C)c1.